The molecule has 1 N–H and O–H groups in total. The first-order valence-electron chi connectivity index (χ1n) is 7.50. The van der Waals surface area contributed by atoms with Crippen LogP contribution in [0.15, 0.2) is 24.7 Å². The molecule has 1 spiro atoms. The molecule has 2 aliphatic rings. The Labute approximate surface area is 123 Å². The summed E-state index contributed by atoms with van der Waals surface area (Å²) in [5, 5.41) is 14.6. The minimum atomic E-state index is 0.501. The van der Waals surface area contributed by atoms with Crippen LogP contribution >= 0.6 is 0 Å². The van der Waals surface area contributed by atoms with Crippen molar-refractivity contribution in [3.8, 4) is 5.69 Å². The molecule has 2 saturated heterocycles. The van der Waals surface area contributed by atoms with E-state index in [0.29, 0.717) is 5.41 Å². The molecule has 4 rings (SSSR count). The molecule has 2 aromatic rings. The van der Waals surface area contributed by atoms with Crippen LogP contribution in [0.3, 0.4) is 0 Å². The van der Waals surface area contributed by atoms with Crippen LogP contribution in [0, 0.1) is 5.41 Å². The van der Waals surface area contributed by atoms with Crippen LogP contribution in [-0.4, -0.2) is 51.4 Å². The van der Waals surface area contributed by atoms with Crippen molar-refractivity contribution in [2.24, 2.45) is 5.41 Å². The Morgan fingerprint density at radius 1 is 1.14 bits per heavy atom. The molecular weight excluding hydrogens is 266 g/mol. The highest BCUT2D eigenvalue weighted by molar-refractivity contribution is 5.44. The van der Waals surface area contributed by atoms with Gasteiger partial charge in [-0.25, -0.2) is 4.98 Å². The average molecular weight is 285 g/mol. The number of nitrogens with one attached hydrogen (secondary N) is 1. The summed E-state index contributed by atoms with van der Waals surface area (Å²) in [7, 11) is 0. The zero-order valence-electron chi connectivity index (χ0n) is 11.9. The molecular formula is C14H19N7. The van der Waals surface area contributed by atoms with Crippen molar-refractivity contribution < 1.29 is 0 Å². The number of hydrogen-bond acceptors (Lipinski definition) is 6. The van der Waals surface area contributed by atoms with E-state index in [1.807, 2.05) is 12.3 Å². The van der Waals surface area contributed by atoms with E-state index in [-0.39, 0.29) is 0 Å². The molecule has 2 aromatic heterocycles. The third kappa shape index (κ3) is 2.37. The highest BCUT2D eigenvalue weighted by Crippen LogP contribution is 2.39. The SMILES string of the molecule is c1cc(N2CCC3(CCNCC3)C2)ncc1-n1cnnn1. The lowest BCUT2D eigenvalue weighted by Crippen LogP contribution is -2.38. The number of aromatic nitrogens is 5. The third-order valence-corrected chi connectivity index (χ3v) is 4.77. The van der Waals surface area contributed by atoms with Gasteiger partial charge in [0.05, 0.1) is 11.9 Å². The quantitative estimate of drug-likeness (QED) is 0.873. The molecule has 0 unspecified atom stereocenters. The van der Waals surface area contributed by atoms with Gasteiger partial charge in [-0.15, -0.1) is 5.10 Å². The summed E-state index contributed by atoms with van der Waals surface area (Å²) in [6, 6.07) is 4.09. The summed E-state index contributed by atoms with van der Waals surface area (Å²) in [5.74, 6) is 1.06. The highest BCUT2D eigenvalue weighted by Gasteiger charge is 2.39. The predicted octanol–water partition coefficient (Wildman–Crippen LogP) is 0.637. The molecule has 110 valence electrons. The molecule has 0 atom stereocenters. The van der Waals surface area contributed by atoms with E-state index in [0.717, 1.165) is 37.7 Å². The monoisotopic (exact) mass is 285 g/mol. The fraction of sp³-hybridized carbons (Fsp3) is 0.571. The van der Waals surface area contributed by atoms with Gasteiger partial charge in [0, 0.05) is 13.1 Å². The summed E-state index contributed by atoms with van der Waals surface area (Å²) in [6.45, 7) is 4.54. The Morgan fingerprint density at radius 3 is 2.76 bits per heavy atom. The van der Waals surface area contributed by atoms with E-state index in [9.17, 15) is 0 Å². The van der Waals surface area contributed by atoms with Crippen molar-refractivity contribution >= 4 is 5.82 Å². The summed E-state index contributed by atoms with van der Waals surface area (Å²) < 4.78 is 1.62. The number of hydrogen-bond donors (Lipinski definition) is 1. The molecule has 0 amide bonds. The Kier molecular flexibility index (Phi) is 3.07. The van der Waals surface area contributed by atoms with E-state index >= 15 is 0 Å². The standard InChI is InChI=1S/C14H19N7/c1-2-13(16-9-12(1)21-11-17-18-19-21)20-8-5-14(10-20)3-6-15-7-4-14/h1-2,9,11,15H,3-8,10H2. The van der Waals surface area contributed by atoms with Crippen molar-refractivity contribution in [3.05, 3.63) is 24.7 Å². The van der Waals surface area contributed by atoms with Gasteiger partial charge in [-0.05, 0) is 60.3 Å². The van der Waals surface area contributed by atoms with Gasteiger partial charge < -0.3 is 10.2 Å². The first kappa shape index (κ1) is 12.7. The number of tetrazole rings is 1. The van der Waals surface area contributed by atoms with Crippen molar-refractivity contribution in [1.29, 1.82) is 0 Å². The van der Waals surface area contributed by atoms with Crippen LogP contribution < -0.4 is 10.2 Å². The summed E-state index contributed by atoms with van der Waals surface area (Å²) in [5.41, 5.74) is 1.39. The number of piperidine rings is 1. The molecule has 21 heavy (non-hydrogen) atoms. The highest BCUT2D eigenvalue weighted by atomic mass is 15.5. The maximum atomic E-state index is 4.59. The zero-order chi connectivity index (χ0) is 14.1. The fourth-order valence-corrected chi connectivity index (χ4v) is 3.48. The first-order chi connectivity index (χ1) is 10.3. The average Bonchev–Trinajstić information content (AvgIpc) is 3.19. The maximum Gasteiger partial charge on any atom is 0.143 e. The van der Waals surface area contributed by atoms with Crippen molar-refractivity contribution in [3.63, 3.8) is 0 Å². The van der Waals surface area contributed by atoms with Gasteiger partial charge in [0.1, 0.15) is 12.1 Å². The zero-order valence-corrected chi connectivity index (χ0v) is 11.9. The van der Waals surface area contributed by atoms with Crippen LogP contribution in [0.5, 0.6) is 0 Å². The third-order valence-electron chi connectivity index (χ3n) is 4.77. The molecule has 7 nitrogen and oxygen atoms in total. The van der Waals surface area contributed by atoms with Gasteiger partial charge in [-0.1, -0.05) is 0 Å². The largest absolute Gasteiger partial charge is 0.356 e. The predicted molar refractivity (Wildman–Crippen MR) is 78.3 cm³/mol. The molecule has 4 heterocycles. The Balaban J connectivity index is 1.50. The maximum absolute atomic E-state index is 4.59. The van der Waals surface area contributed by atoms with Crippen LogP contribution in [0.4, 0.5) is 5.82 Å². The van der Waals surface area contributed by atoms with E-state index in [1.54, 1.807) is 11.0 Å². The minimum Gasteiger partial charge on any atom is -0.356 e. The van der Waals surface area contributed by atoms with Gasteiger partial charge in [0.2, 0.25) is 0 Å². The van der Waals surface area contributed by atoms with Crippen LogP contribution in [-0.2, 0) is 0 Å². The first-order valence-corrected chi connectivity index (χ1v) is 7.50. The van der Waals surface area contributed by atoms with Crippen LogP contribution in [0.1, 0.15) is 19.3 Å². The van der Waals surface area contributed by atoms with Gasteiger partial charge in [-0.2, -0.15) is 4.68 Å². The summed E-state index contributed by atoms with van der Waals surface area (Å²) in [6.07, 6.45) is 7.26. The van der Waals surface area contributed by atoms with Gasteiger partial charge in [-0.3, -0.25) is 0 Å². The topological polar surface area (TPSA) is 71.8 Å². The van der Waals surface area contributed by atoms with Gasteiger partial charge in [0.15, 0.2) is 0 Å². The Bertz CT molecular complexity index is 586. The Morgan fingerprint density at radius 2 is 2.05 bits per heavy atom. The van der Waals surface area contributed by atoms with Crippen molar-refractivity contribution in [2.45, 2.75) is 19.3 Å². The minimum absolute atomic E-state index is 0.501. The number of rotatable bonds is 2. The lowest BCUT2D eigenvalue weighted by atomic mass is 9.78. The molecule has 0 aromatic carbocycles. The van der Waals surface area contributed by atoms with Crippen LogP contribution in [0.25, 0.3) is 5.69 Å². The smallest absolute Gasteiger partial charge is 0.143 e. The summed E-state index contributed by atoms with van der Waals surface area (Å²) in [4.78, 5) is 7.00. The lowest BCUT2D eigenvalue weighted by molar-refractivity contribution is 0.232. The molecule has 2 aliphatic heterocycles. The van der Waals surface area contributed by atoms with E-state index < -0.39 is 0 Å². The van der Waals surface area contributed by atoms with Crippen molar-refractivity contribution in [2.75, 3.05) is 31.1 Å². The lowest BCUT2D eigenvalue weighted by Gasteiger charge is -2.33. The molecule has 0 saturated carbocycles. The Hall–Kier alpha value is -2.02. The number of nitrogens with zero attached hydrogens (tertiary/aromatic N) is 6. The molecule has 0 bridgehead atoms. The van der Waals surface area contributed by atoms with Crippen molar-refractivity contribution in [1.82, 2.24) is 30.5 Å². The van der Waals surface area contributed by atoms with Crippen LogP contribution in [0.2, 0.25) is 0 Å². The van der Waals surface area contributed by atoms with Gasteiger partial charge in [0.25, 0.3) is 0 Å². The van der Waals surface area contributed by atoms with E-state index in [2.05, 4.69) is 36.8 Å². The fourth-order valence-electron chi connectivity index (χ4n) is 3.48. The normalized spacial score (nSPS) is 21.0. The van der Waals surface area contributed by atoms with Gasteiger partial charge >= 0.3 is 0 Å². The number of anilines is 1. The molecule has 0 radical (unpaired) electrons. The molecule has 2 fully saturated rings. The second-order valence-corrected chi connectivity index (χ2v) is 6.05. The second-order valence-electron chi connectivity index (χ2n) is 6.05. The second kappa shape index (κ2) is 5.07. The molecule has 0 aliphatic carbocycles. The van der Waals surface area contributed by atoms with E-state index in [4.69, 9.17) is 0 Å². The summed E-state index contributed by atoms with van der Waals surface area (Å²) >= 11 is 0. The molecule has 7 heteroatoms. The number of pyridine rings is 1. The van der Waals surface area contributed by atoms with E-state index in [1.165, 1.54) is 19.3 Å².